The molecule has 0 radical (unpaired) electrons. The number of aromatic nitrogens is 3. The van der Waals surface area contributed by atoms with Crippen molar-refractivity contribution in [1.29, 1.82) is 0 Å². The van der Waals surface area contributed by atoms with Crippen LogP contribution in [0, 0.1) is 0 Å². The van der Waals surface area contributed by atoms with Crippen LogP contribution in [0.4, 0.5) is 0 Å². The van der Waals surface area contributed by atoms with E-state index in [1.54, 1.807) is 16.8 Å². The van der Waals surface area contributed by atoms with Gasteiger partial charge >= 0.3 is 0 Å². The number of hydrogen-bond acceptors (Lipinski definition) is 7. The van der Waals surface area contributed by atoms with Crippen molar-refractivity contribution in [3.8, 4) is 5.75 Å². The first-order valence-corrected chi connectivity index (χ1v) is 11.2. The summed E-state index contributed by atoms with van der Waals surface area (Å²) in [6.45, 7) is 5.38. The van der Waals surface area contributed by atoms with Crippen LogP contribution in [-0.4, -0.2) is 52.6 Å². The van der Waals surface area contributed by atoms with Gasteiger partial charge in [-0.1, -0.05) is 54.3 Å². The second-order valence-electron chi connectivity index (χ2n) is 8.07. The van der Waals surface area contributed by atoms with Gasteiger partial charge < -0.3 is 14.8 Å². The standard InChI is InChI=1S/C26H31N5O3/c1-20(27-2)25(12-8-14-32)30(3)17-24-22(18-33)11-7-13-26(24)34-19-23-16-31(29-28-23)15-21-9-5-4-6-10-21/h4-7,9-11,13-14,16,18,25,27H,1,8,12,15,17,19H2,2-3H3. The molecule has 0 spiro atoms. The minimum atomic E-state index is -0.0688. The molecule has 0 saturated carbocycles. The zero-order valence-corrected chi connectivity index (χ0v) is 19.7. The highest BCUT2D eigenvalue weighted by molar-refractivity contribution is 5.78. The van der Waals surface area contributed by atoms with Gasteiger partial charge in [-0.05, 0) is 25.1 Å². The highest BCUT2D eigenvalue weighted by Crippen LogP contribution is 2.26. The molecule has 34 heavy (non-hydrogen) atoms. The van der Waals surface area contributed by atoms with Crippen molar-refractivity contribution in [2.45, 2.75) is 38.6 Å². The molecule has 8 nitrogen and oxygen atoms in total. The van der Waals surface area contributed by atoms with Crippen LogP contribution in [0.3, 0.4) is 0 Å². The molecule has 1 aromatic heterocycles. The summed E-state index contributed by atoms with van der Waals surface area (Å²) in [5.41, 5.74) is 3.97. The van der Waals surface area contributed by atoms with Gasteiger partial charge in [0.1, 0.15) is 24.3 Å². The molecule has 0 bridgehead atoms. The molecule has 1 N–H and O–H groups in total. The maximum Gasteiger partial charge on any atom is 0.150 e. The number of nitrogens with zero attached hydrogens (tertiary/aromatic N) is 4. The SMILES string of the molecule is C=C(NC)C(CCC=O)N(C)Cc1c(C=O)cccc1OCc1cn(Cc2ccccc2)nn1. The summed E-state index contributed by atoms with van der Waals surface area (Å²) >= 11 is 0. The van der Waals surface area contributed by atoms with E-state index >= 15 is 0 Å². The van der Waals surface area contributed by atoms with Gasteiger partial charge in [-0.2, -0.15) is 0 Å². The zero-order valence-electron chi connectivity index (χ0n) is 19.7. The number of carbonyl (C=O) groups is 2. The molecule has 8 heteroatoms. The number of hydrogen-bond donors (Lipinski definition) is 1. The summed E-state index contributed by atoms with van der Waals surface area (Å²) in [6.07, 6.45) is 4.65. The maximum absolute atomic E-state index is 11.8. The number of carbonyl (C=O) groups excluding carboxylic acids is 2. The van der Waals surface area contributed by atoms with E-state index in [-0.39, 0.29) is 12.6 Å². The van der Waals surface area contributed by atoms with Gasteiger partial charge in [0.2, 0.25) is 0 Å². The maximum atomic E-state index is 11.8. The smallest absolute Gasteiger partial charge is 0.150 e. The second-order valence-corrected chi connectivity index (χ2v) is 8.07. The van der Waals surface area contributed by atoms with Crippen LogP contribution in [-0.2, 0) is 24.5 Å². The summed E-state index contributed by atoms with van der Waals surface area (Å²) in [4.78, 5) is 24.8. The molecule has 0 aliphatic carbocycles. The third kappa shape index (κ3) is 6.62. The first-order chi connectivity index (χ1) is 16.5. The Kier molecular flexibility index (Phi) is 9.11. The predicted molar refractivity (Wildman–Crippen MR) is 130 cm³/mol. The second kappa shape index (κ2) is 12.5. The minimum Gasteiger partial charge on any atom is -0.487 e. The molecule has 0 aliphatic rings. The molecular weight excluding hydrogens is 430 g/mol. The Bertz CT molecular complexity index is 1100. The highest BCUT2D eigenvalue weighted by Gasteiger charge is 2.20. The van der Waals surface area contributed by atoms with Crippen molar-refractivity contribution in [3.63, 3.8) is 0 Å². The molecular formula is C26H31N5O3. The molecule has 1 atom stereocenters. The molecule has 178 valence electrons. The molecule has 0 saturated heterocycles. The topological polar surface area (TPSA) is 89.4 Å². The number of nitrogens with one attached hydrogen (secondary N) is 1. The van der Waals surface area contributed by atoms with Gasteiger partial charge in [-0.3, -0.25) is 9.69 Å². The number of benzene rings is 2. The summed E-state index contributed by atoms with van der Waals surface area (Å²) in [5, 5.41) is 11.5. The third-order valence-electron chi connectivity index (χ3n) is 5.67. The first-order valence-electron chi connectivity index (χ1n) is 11.2. The quantitative estimate of drug-likeness (QED) is 0.369. The summed E-state index contributed by atoms with van der Waals surface area (Å²) in [7, 11) is 3.75. The Balaban J connectivity index is 1.72. The molecule has 3 rings (SSSR count). The largest absolute Gasteiger partial charge is 0.487 e. The van der Waals surface area contributed by atoms with Crippen LogP contribution in [0.2, 0.25) is 0 Å². The Labute approximate surface area is 200 Å². The third-order valence-corrected chi connectivity index (χ3v) is 5.67. The molecule has 1 unspecified atom stereocenters. The fraction of sp³-hybridized carbons (Fsp3) is 0.308. The predicted octanol–water partition coefficient (Wildman–Crippen LogP) is 3.23. The van der Waals surface area contributed by atoms with Crippen LogP contribution in [0.15, 0.2) is 67.0 Å². The zero-order chi connectivity index (χ0) is 24.3. The molecule has 3 aromatic rings. The lowest BCUT2D eigenvalue weighted by Crippen LogP contribution is -2.37. The lowest BCUT2D eigenvalue weighted by molar-refractivity contribution is -0.108. The van der Waals surface area contributed by atoms with Crippen molar-refractivity contribution in [1.82, 2.24) is 25.2 Å². The summed E-state index contributed by atoms with van der Waals surface area (Å²) < 4.78 is 7.85. The van der Waals surface area contributed by atoms with E-state index in [0.29, 0.717) is 42.9 Å². The highest BCUT2D eigenvalue weighted by atomic mass is 16.5. The summed E-state index contributed by atoms with van der Waals surface area (Å²) in [6, 6.07) is 15.4. The van der Waals surface area contributed by atoms with Gasteiger partial charge in [0.25, 0.3) is 0 Å². The normalized spacial score (nSPS) is 11.7. The molecule has 1 heterocycles. The Morgan fingerprint density at radius 3 is 2.71 bits per heavy atom. The van der Waals surface area contributed by atoms with Crippen molar-refractivity contribution in [3.05, 3.63) is 89.4 Å². The van der Waals surface area contributed by atoms with E-state index in [1.165, 1.54) is 0 Å². The van der Waals surface area contributed by atoms with Crippen LogP contribution < -0.4 is 10.1 Å². The van der Waals surface area contributed by atoms with Crippen molar-refractivity contribution in [2.75, 3.05) is 14.1 Å². The molecule has 0 amide bonds. The van der Waals surface area contributed by atoms with E-state index < -0.39 is 0 Å². The van der Waals surface area contributed by atoms with Gasteiger partial charge in [-0.25, -0.2) is 4.68 Å². The van der Waals surface area contributed by atoms with E-state index in [2.05, 4.69) is 27.1 Å². The minimum absolute atomic E-state index is 0.0688. The Morgan fingerprint density at radius 1 is 1.21 bits per heavy atom. The number of ether oxygens (including phenoxy) is 1. The van der Waals surface area contributed by atoms with Crippen LogP contribution in [0.25, 0.3) is 0 Å². The van der Waals surface area contributed by atoms with Crippen LogP contribution in [0.5, 0.6) is 5.75 Å². The fourth-order valence-electron chi connectivity index (χ4n) is 3.81. The van der Waals surface area contributed by atoms with Gasteiger partial charge in [0, 0.05) is 42.9 Å². The van der Waals surface area contributed by atoms with Gasteiger partial charge in [0.15, 0.2) is 6.29 Å². The monoisotopic (exact) mass is 461 g/mol. The lowest BCUT2D eigenvalue weighted by Gasteiger charge is -2.30. The Morgan fingerprint density at radius 2 is 2.00 bits per heavy atom. The number of aldehydes is 2. The van der Waals surface area contributed by atoms with Crippen molar-refractivity contribution in [2.24, 2.45) is 0 Å². The van der Waals surface area contributed by atoms with Gasteiger partial charge in [-0.15, -0.1) is 5.10 Å². The number of rotatable bonds is 14. The van der Waals surface area contributed by atoms with E-state index in [4.69, 9.17) is 4.74 Å². The Hall–Kier alpha value is -3.78. The van der Waals surface area contributed by atoms with E-state index in [9.17, 15) is 9.59 Å². The van der Waals surface area contributed by atoms with Crippen molar-refractivity contribution < 1.29 is 14.3 Å². The van der Waals surface area contributed by atoms with E-state index in [1.807, 2.05) is 56.7 Å². The molecule has 0 fully saturated rings. The molecule has 0 aliphatic heterocycles. The average Bonchev–Trinajstić information content (AvgIpc) is 3.31. The lowest BCUT2D eigenvalue weighted by atomic mass is 10.0. The molecule has 2 aromatic carbocycles. The number of likely N-dealkylation sites (N-methyl/N-ethyl adjacent to an activating group) is 2. The average molecular weight is 462 g/mol. The van der Waals surface area contributed by atoms with Gasteiger partial charge in [0.05, 0.1) is 12.7 Å². The van der Waals surface area contributed by atoms with E-state index in [0.717, 1.165) is 29.4 Å². The summed E-state index contributed by atoms with van der Waals surface area (Å²) in [5.74, 6) is 0.610. The van der Waals surface area contributed by atoms with Crippen molar-refractivity contribution >= 4 is 12.6 Å². The fourth-order valence-corrected chi connectivity index (χ4v) is 3.81. The first kappa shape index (κ1) is 24.9. The van der Waals surface area contributed by atoms with Crippen LogP contribution >= 0.6 is 0 Å². The van der Waals surface area contributed by atoms with Crippen LogP contribution in [0.1, 0.15) is 40.0 Å².